The zero-order chi connectivity index (χ0) is 20.4. The van der Waals surface area contributed by atoms with E-state index in [-0.39, 0.29) is 30.3 Å². The lowest BCUT2D eigenvalue weighted by Crippen LogP contribution is -2.30. The van der Waals surface area contributed by atoms with Gasteiger partial charge in [0.25, 0.3) is 5.91 Å². The Bertz CT molecular complexity index is 1080. The van der Waals surface area contributed by atoms with Gasteiger partial charge in [0.1, 0.15) is 5.58 Å². The maximum Gasteiger partial charge on any atom is 0.372 e. The van der Waals surface area contributed by atoms with E-state index in [4.69, 9.17) is 4.42 Å². The Morgan fingerprint density at radius 3 is 2.45 bits per heavy atom. The predicted octanol–water partition coefficient (Wildman–Crippen LogP) is 3.34. The van der Waals surface area contributed by atoms with Gasteiger partial charge in [-0.25, -0.2) is 9.59 Å². The van der Waals surface area contributed by atoms with E-state index in [1.165, 1.54) is 0 Å². The van der Waals surface area contributed by atoms with Crippen molar-refractivity contribution in [3.63, 3.8) is 0 Å². The molecule has 3 aromatic rings. The fourth-order valence-electron chi connectivity index (χ4n) is 3.00. The van der Waals surface area contributed by atoms with Crippen LogP contribution in [0.4, 0.5) is 10.5 Å². The summed E-state index contributed by atoms with van der Waals surface area (Å²) in [5.41, 5.74) is 1.84. The van der Waals surface area contributed by atoms with E-state index in [2.05, 4.69) is 16.0 Å². The van der Waals surface area contributed by atoms with Crippen LogP contribution >= 0.6 is 0 Å². The van der Waals surface area contributed by atoms with Crippen molar-refractivity contribution in [3.05, 3.63) is 65.4 Å². The maximum atomic E-state index is 12.5. The molecule has 0 unspecified atom stereocenters. The molecule has 0 atom stereocenters. The molecule has 8 heteroatoms. The number of carbonyl (C=O) groups is 3. The van der Waals surface area contributed by atoms with Gasteiger partial charge in [0.2, 0.25) is 5.76 Å². The van der Waals surface area contributed by atoms with E-state index in [0.717, 1.165) is 12.8 Å². The van der Waals surface area contributed by atoms with Gasteiger partial charge < -0.3 is 25.5 Å². The highest BCUT2D eigenvalue weighted by molar-refractivity contribution is 5.97. The number of para-hydroxylation sites is 1. The Kier molecular flexibility index (Phi) is 4.90. The first-order chi connectivity index (χ1) is 14.0. The molecule has 148 valence electrons. The van der Waals surface area contributed by atoms with Gasteiger partial charge in [-0.3, -0.25) is 4.79 Å². The standard InChI is InChI=1S/C21H19N3O5/c25-19(12-5-7-13(8-6-12)23-21(28)24-14-9-10-14)22-11-16-15-3-1-2-4-17(15)29-18(16)20(26)27/h1-8,14H,9-11H2,(H,22,25)(H,26,27)(H2,23,24,28). The highest BCUT2D eigenvalue weighted by Gasteiger charge is 2.23. The molecule has 8 nitrogen and oxygen atoms in total. The number of fused-ring (bicyclic) bond motifs is 1. The van der Waals surface area contributed by atoms with E-state index in [1.54, 1.807) is 48.5 Å². The highest BCUT2D eigenvalue weighted by atomic mass is 16.4. The molecule has 1 aliphatic rings. The Labute approximate surface area is 165 Å². The normalized spacial score (nSPS) is 13.1. The fourth-order valence-corrected chi connectivity index (χ4v) is 3.00. The summed E-state index contributed by atoms with van der Waals surface area (Å²) in [5, 5.41) is 18.3. The lowest BCUT2D eigenvalue weighted by Gasteiger charge is -2.08. The van der Waals surface area contributed by atoms with Gasteiger partial charge in [-0.15, -0.1) is 0 Å². The first kappa shape index (κ1) is 18.5. The molecular weight excluding hydrogens is 374 g/mol. The van der Waals surface area contributed by atoms with Crippen LogP contribution in [0.1, 0.15) is 39.3 Å². The summed E-state index contributed by atoms with van der Waals surface area (Å²) < 4.78 is 5.39. The third-order valence-corrected chi connectivity index (χ3v) is 4.64. The third kappa shape index (κ3) is 4.21. The fraction of sp³-hybridized carbons (Fsp3) is 0.190. The van der Waals surface area contributed by atoms with Gasteiger partial charge >= 0.3 is 12.0 Å². The van der Waals surface area contributed by atoms with Gasteiger partial charge in [-0.2, -0.15) is 0 Å². The lowest BCUT2D eigenvalue weighted by molar-refractivity contribution is 0.0662. The maximum absolute atomic E-state index is 12.5. The van der Waals surface area contributed by atoms with Crippen LogP contribution < -0.4 is 16.0 Å². The summed E-state index contributed by atoms with van der Waals surface area (Å²) in [6.07, 6.45) is 2.00. The molecule has 4 N–H and O–H groups in total. The average Bonchev–Trinajstić information content (AvgIpc) is 3.44. The molecule has 1 aliphatic carbocycles. The van der Waals surface area contributed by atoms with Gasteiger partial charge in [0.15, 0.2) is 0 Å². The average molecular weight is 393 g/mol. The van der Waals surface area contributed by atoms with Crippen molar-refractivity contribution in [2.45, 2.75) is 25.4 Å². The Morgan fingerprint density at radius 1 is 1.03 bits per heavy atom. The number of hydrogen-bond donors (Lipinski definition) is 4. The second kappa shape index (κ2) is 7.67. The van der Waals surface area contributed by atoms with Crippen LogP contribution in [-0.4, -0.2) is 29.1 Å². The van der Waals surface area contributed by atoms with E-state index in [9.17, 15) is 19.5 Å². The summed E-state index contributed by atoms with van der Waals surface area (Å²) >= 11 is 0. The summed E-state index contributed by atoms with van der Waals surface area (Å²) in [7, 11) is 0. The van der Waals surface area contributed by atoms with Crippen LogP contribution in [0.3, 0.4) is 0 Å². The number of rotatable bonds is 6. The number of aromatic carboxylic acids is 1. The van der Waals surface area contributed by atoms with Crippen LogP contribution in [0.5, 0.6) is 0 Å². The molecule has 2 aromatic carbocycles. The zero-order valence-corrected chi connectivity index (χ0v) is 15.4. The molecule has 0 saturated heterocycles. The van der Waals surface area contributed by atoms with Crippen LogP contribution in [0.2, 0.25) is 0 Å². The molecule has 1 aromatic heterocycles. The number of carbonyl (C=O) groups excluding carboxylic acids is 2. The summed E-state index contributed by atoms with van der Waals surface area (Å²) in [6.45, 7) is 0.0152. The number of furan rings is 1. The van der Waals surface area contributed by atoms with Crippen molar-refractivity contribution in [2.75, 3.05) is 5.32 Å². The minimum atomic E-state index is -1.19. The number of benzene rings is 2. The first-order valence-corrected chi connectivity index (χ1v) is 9.21. The second-order valence-electron chi connectivity index (χ2n) is 6.84. The van der Waals surface area contributed by atoms with Crippen molar-refractivity contribution in [1.82, 2.24) is 10.6 Å². The lowest BCUT2D eigenvalue weighted by atomic mass is 10.1. The van der Waals surface area contributed by atoms with Crippen molar-refractivity contribution < 1.29 is 23.9 Å². The molecule has 0 spiro atoms. The number of anilines is 1. The second-order valence-corrected chi connectivity index (χ2v) is 6.84. The molecule has 4 rings (SSSR count). The van der Waals surface area contributed by atoms with Crippen molar-refractivity contribution in [1.29, 1.82) is 0 Å². The number of amides is 3. The molecule has 0 aliphatic heterocycles. The van der Waals surface area contributed by atoms with E-state index < -0.39 is 5.97 Å². The van der Waals surface area contributed by atoms with E-state index >= 15 is 0 Å². The summed E-state index contributed by atoms with van der Waals surface area (Å²) in [6, 6.07) is 13.4. The van der Waals surface area contributed by atoms with Gasteiger partial charge in [-0.1, -0.05) is 18.2 Å². The van der Waals surface area contributed by atoms with Gasteiger partial charge in [-0.05, 0) is 43.2 Å². The van der Waals surface area contributed by atoms with Crippen molar-refractivity contribution >= 4 is 34.6 Å². The number of carboxylic acids is 1. The number of urea groups is 1. The Hall–Kier alpha value is -3.81. The molecule has 0 radical (unpaired) electrons. The quantitative estimate of drug-likeness (QED) is 0.512. The molecule has 1 fully saturated rings. The van der Waals surface area contributed by atoms with Gasteiger partial charge in [0, 0.05) is 34.8 Å². The monoisotopic (exact) mass is 393 g/mol. The van der Waals surface area contributed by atoms with Crippen LogP contribution in [0, 0.1) is 0 Å². The SMILES string of the molecule is O=C(Nc1ccc(C(=O)NCc2c(C(=O)O)oc3ccccc23)cc1)NC1CC1. The van der Waals surface area contributed by atoms with Crippen LogP contribution in [-0.2, 0) is 6.54 Å². The third-order valence-electron chi connectivity index (χ3n) is 4.64. The highest BCUT2D eigenvalue weighted by Crippen LogP contribution is 2.26. The number of nitrogens with one attached hydrogen (secondary N) is 3. The van der Waals surface area contributed by atoms with Crippen molar-refractivity contribution in [3.8, 4) is 0 Å². The summed E-state index contributed by atoms with van der Waals surface area (Å²) in [4.78, 5) is 35.7. The minimum absolute atomic E-state index is 0.0152. The summed E-state index contributed by atoms with van der Waals surface area (Å²) in [5.74, 6) is -1.74. The molecule has 0 bridgehead atoms. The zero-order valence-electron chi connectivity index (χ0n) is 15.4. The van der Waals surface area contributed by atoms with Crippen LogP contribution in [0.25, 0.3) is 11.0 Å². The largest absolute Gasteiger partial charge is 0.475 e. The van der Waals surface area contributed by atoms with Crippen LogP contribution in [0.15, 0.2) is 52.9 Å². The smallest absolute Gasteiger partial charge is 0.372 e. The van der Waals surface area contributed by atoms with E-state index in [1.807, 2.05) is 0 Å². The van der Waals surface area contributed by atoms with Crippen molar-refractivity contribution in [2.24, 2.45) is 0 Å². The molecule has 3 amide bonds. The van der Waals surface area contributed by atoms with E-state index in [0.29, 0.717) is 27.8 Å². The molecule has 1 saturated carbocycles. The first-order valence-electron chi connectivity index (χ1n) is 9.21. The molecule has 1 heterocycles. The topological polar surface area (TPSA) is 121 Å². The van der Waals surface area contributed by atoms with Gasteiger partial charge in [0.05, 0.1) is 0 Å². The molecule has 29 heavy (non-hydrogen) atoms. The number of hydrogen-bond acceptors (Lipinski definition) is 4. The molecular formula is C21H19N3O5. The number of carboxylic acid groups (broad SMARTS) is 1. The Morgan fingerprint density at radius 2 is 1.76 bits per heavy atom. The Balaban J connectivity index is 1.42. The minimum Gasteiger partial charge on any atom is -0.475 e. The predicted molar refractivity (Wildman–Crippen MR) is 106 cm³/mol.